The van der Waals surface area contributed by atoms with E-state index in [9.17, 15) is 14.0 Å². The number of amides is 3. The number of hydrogen-bond donors (Lipinski definition) is 3. The number of carbonyl (C=O) groups is 2. The highest BCUT2D eigenvalue weighted by atomic mass is 19.1. The van der Waals surface area contributed by atoms with Crippen molar-refractivity contribution in [2.24, 2.45) is 0 Å². The van der Waals surface area contributed by atoms with Crippen LogP contribution in [0.5, 0.6) is 5.75 Å². The lowest BCUT2D eigenvalue weighted by Crippen LogP contribution is -2.47. The minimum atomic E-state index is -0.524. The summed E-state index contributed by atoms with van der Waals surface area (Å²) in [4.78, 5) is 30.0. The molecule has 0 spiro atoms. The van der Waals surface area contributed by atoms with Gasteiger partial charge in [-0.05, 0) is 55.0 Å². The highest BCUT2D eigenvalue weighted by Crippen LogP contribution is 2.31. The van der Waals surface area contributed by atoms with Crippen molar-refractivity contribution in [3.8, 4) is 5.75 Å². The quantitative estimate of drug-likeness (QED) is 0.404. The second-order valence-electron chi connectivity index (χ2n) is 8.72. The number of benzene rings is 3. The molecule has 37 heavy (non-hydrogen) atoms. The predicted molar refractivity (Wildman–Crippen MR) is 146 cm³/mol. The van der Waals surface area contributed by atoms with E-state index in [1.54, 1.807) is 25.3 Å². The van der Waals surface area contributed by atoms with Gasteiger partial charge in [0, 0.05) is 49.8 Å². The van der Waals surface area contributed by atoms with Gasteiger partial charge in [0.15, 0.2) is 0 Å². The van der Waals surface area contributed by atoms with Crippen LogP contribution in [0.4, 0.5) is 31.9 Å². The lowest BCUT2D eigenvalue weighted by molar-refractivity contribution is 0.0954. The van der Waals surface area contributed by atoms with Gasteiger partial charge in [0.05, 0.1) is 18.4 Å². The van der Waals surface area contributed by atoms with Gasteiger partial charge >= 0.3 is 6.03 Å². The van der Waals surface area contributed by atoms with Gasteiger partial charge in [0.2, 0.25) is 0 Å². The van der Waals surface area contributed by atoms with E-state index < -0.39 is 11.8 Å². The van der Waals surface area contributed by atoms with Crippen LogP contribution in [0, 0.1) is 5.82 Å². The van der Waals surface area contributed by atoms with Crippen molar-refractivity contribution in [3.05, 3.63) is 78.1 Å². The Morgan fingerprint density at radius 1 is 0.865 bits per heavy atom. The van der Waals surface area contributed by atoms with E-state index in [1.165, 1.54) is 18.2 Å². The summed E-state index contributed by atoms with van der Waals surface area (Å²) in [5.74, 6) is 0.198. The van der Waals surface area contributed by atoms with E-state index in [0.29, 0.717) is 23.5 Å². The lowest BCUT2D eigenvalue weighted by atomic mass is 10.1. The predicted octanol–water partition coefficient (Wildman–Crippen LogP) is 4.94. The standard InChI is InChI=1S/C28H32FN5O3/c1-3-13-30-27(35)23-19-22(32-28(36)31-21-8-6-7-20(29)18-21)11-12-24(23)33-14-16-34(17-15-33)25-9-4-5-10-26(25)37-2/h4-12,18-19H,3,13-17H2,1-2H3,(H,30,35)(H2,31,32,36). The highest BCUT2D eigenvalue weighted by Gasteiger charge is 2.23. The second kappa shape index (κ2) is 12.1. The Labute approximate surface area is 216 Å². The van der Waals surface area contributed by atoms with Crippen molar-refractivity contribution in [1.29, 1.82) is 0 Å². The average molecular weight is 506 g/mol. The zero-order chi connectivity index (χ0) is 26.2. The zero-order valence-corrected chi connectivity index (χ0v) is 21.1. The molecule has 1 fully saturated rings. The number of piperazine rings is 1. The first-order valence-corrected chi connectivity index (χ1v) is 12.4. The summed E-state index contributed by atoms with van der Waals surface area (Å²) in [6.07, 6.45) is 0.812. The molecule has 1 aliphatic heterocycles. The van der Waals surface area contributed by atoms with Crippen LogP contribution >= 0.6 is 0 Å². The second-order valence-corrected chi connectivity index (χ2v) is 8.72. The molecule has 0 bridgehead atoms. The molecule has 1 saturated heterocycles. The maximum Gasteiger partial charge on any atom is 0.323 e. The van der Waals surface area contributed by atoms with Gasteiger partial charge in [0.1, 0.15) is 11.6 Å². The van der Waals surface area contributed by atoms with Gasteiger partial charge in [-0.1, -0.05) is 25.1 Å². The maximum absolute atomic E-state index is 13.4. The van der Waals surface area contributed by atoms with Crippen LogP contribution in [-0.4, -0.2) is 51.8 Å². The van der Waals surface area contributed by atoms with Gasteiger partial charge < -0.3 is 30.5 Å². The molecule has 0 aromatic heterocycles. The number of methoxy groups -OCH3 is 1. The third-order valence-corrected chi connectivity index (χ3v) is 6.16. The van der Waals surface area contributed by atoms with Crippen LogP contribution in [-0.2, 0) is 0 Å². The minimum absolute atomic E-state index is 0.196. The number of rotatable bonds is 8. The highest BCUT2D eigenvalue weighted by molar-refractivity contribution is 6.04. The van der Waals surface area contributed by atoms with Crippen molar-refractivity contribution < 1.29 is 18.7 Å². The largest absolute Gasteiger partial charge is 0.495 e. The molecule has 1 aliphatic rings. The van der Waals surface area contributed by atoms with E-state index >= 15 is 0 Å². The molecule has 4 rings (SSSR count). The molecule has 1 heterocycles. The summed E-state index contributed by atoms with van der Waals surface area (Å²) in [5, 5.41) is 8.29. The van der Waals surface area contributed by atoms with Crippen LogP contribution in [0.3, 0.4) is 0 Å². The Morgan fingerprint density at radius 3 is 2.22 bits per heavy atom. The summed E-state index contributed by atoms with van der Waals surface area (Å²) in [5.41, 5.74) is 3.15. The molecule has 8 nitrogen and oxygen atoms in total. The Kier molecular flexibility index (Phi) is 8.45. The van der Waals surface area contributed by atoms with Crippen molar-refractivity contribution >= 4 is 34.7 Å². The lowest BCUT2D eigenvalue weighted by Gasteiger charge is -2.38. The van der Waals surface area contributed by atoms with Gasteiger partial charge in [-0.25, -0.2) is 9.18 Å². The Balaban J connectivity index is 1.50. The van der Waals surface area contributed by atoms with Crippen LogP contribution in [0.1, 0.15) is 23.7 Å². The summed E-state index contributed by atoms with van der Waals surface area (Å²) in [7, 11) is 1.67. The number of nitrogens with zero attached hydrogens (tertiary/aromatic N) is 2. The van der Waals surface area contributed by atoms with E-state index in [2.05, 4.69) is 25.8 Å². The van der Waals surface area contributed by atoms with E-state index in [-0.39, 0.29) is 5.91 Å². The normalized spacial score (nSPS) is 13.2. The van der Waals surface area contributed by atoms with Crippen LogP contribution in [0.2, 0.25) is 0 Å². The Morgan fingerprint density at radius 2 is 1.54 bits per heavy atom. The monoisotopic (exact) mass is 505 g/mol. The van der Waals surface area contributed by atoms with Crippen LogP contribution < -0.4 is 30.5 Å². The van der Waals surface area contributed by atoms with Crippen LogP contribution in [0.25, 0.3) is 0 Å². The van der Waals surface area contributed by atoms with Gasteiger partial charge in [0.25, 0.3) is 5.91 Å². The molecule has 0 unspecified atom stereocenters. The number of hydrogen-bond acceptors (Lipinski definition) is 5. The molecular weight excluding hydrogens is 473 g/mol. The summed E-state index contributed by atoms with van der Waals surface area (Å²) < 4.78 is 19.0. The van der Waals surface area contributed by atoms with E-state index in [1.807, 2.05) is 37.3 Å². The van der Waals surface area contributed by atoms with Crippen molar-refractivity contribution in [2.75, 3.05) is 60.3 Å². The SMILES string of the molecule is CCCNC(=O)c1cc(NC(=O)Nc2cccc(F)c2)ccc1N1CCN(c2ccccc2OC)CC1. The first-order valence-electron chi connectivity index (χ1n) is 12.4. The first kappa shape index (κ1) is 25.8. The smallest absolute Gasteiger partial charge is 0.323 e. The molecule has 0 saturated carbocycles. The number of anilines is 4. The number of nitrogens with one attached hydrogen (secondary N) is 3. The first-order chi connectivity index (χ1) is 18.0. The fourth-order valence-electron chi connectivity index (χ4n) is 4.34. The molecule has 3 aromatic carbocycles. The molecule has 0 aliphatic carbocycles. The summed E-state index contributed by atoms with van der Waals surface area (Å²) in [6.45, 7) is 5.53. The number of ether oxygens (including phenoxy) is 1. The van der Waals surface area contributed by atoms with Crippen molar-refractivity contribution in [1.82, 2.24) is 5.32 Å². The topological polar surface area (TPSA) is 85.9 Å². The molecule has 9 heteroatoms. The molecule has 194 valence electrons. The molecule has 3 amide bonds. The number of halogens is 1. The maximum atomic E-state index is 13.4. The Bertz CT molecular complexity index is 1240. The van der Waals surface area contributed by atoms with E-state index in [4.69, 9.17) is 4.74 Å². The third kappa shape index (κ3) is 6.49. The van der Waals surface area contributed by atoms with Crippen molar-refractivity contribution in [3.63, 3.8) is 0 Å². The third-order valence-electron chi connectivity index (χ3n) is 6.16. The summed E-state index contributed by atoms with van der Waals surface area (Å²) in [6, 6.07) is 18.4. The van der Waals surface area contributed by atoms with Gasteiger partial charge in [-0.15, -0.1) is 0 Å². The van der Waals surface area contributed by atoms with E-state index in [0.717, 1.165) is 49.7 Å². The molecule has 0 atom stereocenters. The number of carbonyl (C=O) groups excluding carboxylic acids is 2. The van der Waals surface area contributed by atoms with Crippen molar-refractivity contribution in [2.45, 2.75) is 13.3 Å². The molecule has 0 radical (unpaired) electrons. The summed E-state index contributed by atoms with van der Waals surface area (Å²) >= 11 is 0. The Hall–Kier alpha value is -4.27. The zero-order valence-electron chi connectivity index (χ0n) is 21.1. The minimum Gasteiger partial charge on any atom is -0.495 e. The van der Waals surface area contributed by atoms with Crippen LogP contribution in [0.15, 0.2) is 66.7 Å². The van der Waals surface area contributed by atoms with Gasteiger partial charge in [-0.3, -0.25) is 4.79 Å². The number of para-hydroxylation sites is 2. The fourth-order valence-corrected chi connectivity index (χ4v) is 4.34. The average Bonchev–Trinajstić information content (AvgIpc) is 2.91. The number of urea groups is 1. The fraction of sp³-hybridized carbons (Fsp3) is 0.286. The van der Waals surface area contributed by atoms with Gasteiger partial charge in [-0.2, -0.15) is 0 Å². The molecule has 3 aromatic rings. The molecular formula is C28H32FN5O3. The molecule has 3 N–H and O–H groups in total.